The molecule has 0 saturated heterocycles. The van der Waals surface area contributed by atoms with Gasteiger partial charge in [-0.3, -0.25) is 5.43 Å². The molecule has 1 heterocycles. The number of urea groups is 1. The number of carbonyl (C=O) groups is 1. The van der Waals surface area contributed by atoms with Crippen LogP contribution in [-0.4, -0.2) is 6.03 Å². The van der Waals surface area contributed by atoms with E-state index in [1.807, 2.05) is 11.5 Å². The van der Waals surface area contributed by atoms with E-state index < -0.39 is 12.0 Å². The Morgan fingerprint density at radius 1 is 1.43 bits per heavy atom. The molecule has 2 rings (SSSR count). The lowest BCUT2D eigenvalue weighted by Crippen LogP contribution is -2.47. The Labute approximate surface area is 132 Å². The number of thioether (sulfide) groups is 1. The van der Waals surface area contributed by atoms with E-state index in [0.29, 0.717) is 22.1 Å². The van der Waals surface area contributed by atoms with E-state index >= 15 is 0 Å². The highest BCUT2D eigenvalue weighted by Crippen LogP contribution is 2.37. The Bertz CT molecular complexity index is 652. The fourth-order valence-electron chi connectivity index (χ4n) is 1.58. The fourth-order valence-corrected chi connectivity index (χ4v) is 3.24. The third-order valence-electron chi connectivity index (χ3n) is 2.54. The van der Waals surface area contributed by atoms with Gasteiger partial charge in [0.2, 0.25) is 0 Å². The number of hydrogen-bond donors (Lipinski definition) is 3. The average Bonchev–Trinajstić information content (AvgIpc) is 2.89. The molecular weight excluding hydrogens is 363 g/mol. The summed E-state index contributed by atoms with van der Waals surface area (Å²) in [6.07, 6.45) is 0. The van der Waals surface area contributed by atoms with Gasteiger partial charge in [-0.15, -0.1) is 11.8 Å². The molecular formula is C12H12BrFN4O2S. The van der Waals surface area contributed by atoms with Crippen LogP contribution in [0.15, 0.2) is 44.1 Å². The Morgan fingerprint density at radius 3 is 2.81 bits per heavy atom. The second-order valence-corrected chi connectivity index (χ2v) is 5.74. The zero-order chi connectivity index (χ0) is 15.4. The summed E-state index contributed by atoms with van der Waals surface area (Å²) in [5.74, 6) is 11.6. The number of furan rings is 1. The summed E-state index contributed by atoms with van der Waals surface area (Å²) in [6.45, 7) is 0. The molecule has 6 nitrogen and oxygen atoms in total. The lowest BCUT2D eigenvalue weighted by Gasteiger charge is -2.19. The molecule has 2 amide bonds. The number of benzene rings is 1. The van der Waals surface area contributed by atoms with Gasteiger partial charge in [0, 0.05) is 15.4 Å². The second kappa shape index (κ2) is 6.94. The van der Waals surface area contributed by atoms with Gasteiger partial charge in [0.25, 0.3) is 6.01 Å². The molecule has 1 aromatic heterocycles. The van der Waals surface area contributed by atoms with Crippen molar-refractivity contribution in [2.45, 2.75) is 10.6 Å². The molecule has 0 atom stereocenters. The van der Waals surface area contributed by atoms with E-state index in [1.54, 1.807) is 18.2 Å². The van der Waals surface area contributed by atoms with Crippen LogP contribution in [0, 0.1) is 6.01 Å². The van der Waals surface area contributed by atoms with Crippen molar-refractivity contribution in [2.75, 3.05) is 5.01 Å². The minimum Gasteiger partial charge on any atom is -0.435 e. The quantitative estimate of drug-likeness (QED) is 0.330. The van der Waals surface area contributed by atoms with Crippen LogP contribution < -0.4 is 22.1 Å². The molecule has 0 aliphatic heterocycles. The zero-order valence-electron chi connectivity index (χ0n) is 10.7. The van der Waals surface area contributed by atoms with Gasteiger partial charge < -0.3 is 4.42 Å². The summed E-state index contributed by atoms with van der Waals surface area (Å²) in [5.41, 5.74) is 2.42. The van der Waals surface area contributed by atoms with Crippen LogP contribution in [0.25, 0.3) is 0 Å². The van der Waals surface area contributed by atoms with Crippen molar-refractivity contribution in [3.63, 3.8) is 0 Å². The first-order valence-corrected chi connectivity index (χ1v) is 7.51. The van der Waals surface area contributed by atoms with E-state index in [2.05, 4.69) is 15.9 Å². The predicted molar refractivity (Wildman–Crippen MR) is 81.8 cm³/mol. The van der Waals surface area contributed by atoms with E-state index in [0.717, 1.165) is 9.48 Å². The molecule has 0 spiro atoms. The van der Waals surface area contributed by atoms with Crippen LogP contribution in [0.4, 0.5) is 14.9 Å². The fraction of sp³-hybridized carbons (Fsp3) is 0.0833. The van der Waals surface area contributed by atoms with Crippen molar-refractivity contribution in [2.24, 2.45) is 11.7 Å². The topological polar surface area (TPSA) is 97.5 Å². The standard InChI is InChI=1S/C12H12BrFN4O2S/c13-8-2-1-3-9(18(16)12(19)17-15)11(8)21-6-7-4-5-10(14)20-7/h1-5H,6,15-16H2,(H,17,19). The molecule has 0 radical (unpaired) electrons. The summed E-state index contributed by atoms with van der Waals surface area (Å²) < 4.78 is 18.4. The SMILES string of the molecule is NNC(=O)N(N)c1cccc(Br)c1SCc1ccc(F)o1. The molecule has 0 aliphatic rings. The maximum absolute atomic E-state index is 12.8. The van der Waals surface area contributed by atoms with Crippen LogP contribution in [0.2, 0.25) is 0 Å². The predicted octanol–water partition coefficient (Wildman–Crippen LogP) is 2.74. The highest BCUT2D eigenvalue weighted by molar-refractivity contribution is 9.10. The van der Waals surface area contributed by atoms with Gasteiger partial charge >= 0.3 is 6.03 Å². The summed E-state index contributed by atoms with van der Waals surface area (Å²) >= 11 is 4.74. The minimum atomic E-state index is -0.654. The molecule has 0 unspecified atom stereocenters. The third-order valence-corrected chi connectivity index (χ3v) is 4.61. The van der Waals surface area contributed by atoms with Gasteiger partial charge in [0.15, 0.2) is 0 Å². The average molecular weight is 375 g/mol. The van der Waals surface area contributed by atoms with Crippen LogP contribution in [0.3, 0.4) is 0 Å². The number of nitrogens with zero attached hydrogens (tertiary/aromatic N) is 1. The van der Waals surface area contributed by atoms with Gasteiger partial charge in [-0.05, 0) is 34.1 Å². The van der Waals surface area contributed by atoms with Gasteiger partial charge in [-0.1, -0.05) is 6.07 Å². The van der Waals surface area contributed by atoms with Crippen molar-refractivity contribution in [3.8, 4) is 0 Å². The molecule has 0 saturated carbocycles. The molecule has 1 aromatic carbocycles. The Kier molecular flexibility index (Phi) is 5.23. The first kappa shape index (κ1) is 15.8. The maximum Gasteiger partial charge on any atom is 0.350 e. The Hall–Kier alpha value is -1.55. The van der Waals surface area contributed by atoms with E-state index in [-0.39, 0.29) is 0 Å². The molecule has 21 heavy (non-hydrogen) atoms. The van der Waals surface area contributed by atoms with Crippen molar-refractivity contribution < 1.29 is 13.6 Å². The van der Waals surface area contributed by atoms with Gasteiger partial charge in [0.1, 0.15) is 5.76 Å². The van der Waals surface area contributed by atoms with E-state index in [4.69, 9.17) is 16.1 Å². The van der Waals surface area contributed by atoms with Crippen molar-refractivity contribution in [1.29, 1.82) is 0 Å². The first-order valence-electron chi connectivity index (χ1n) is 5.74. The summed E-state index contributed by atoms with van der Waals surface area (Å²) in [5, 5.41) is 0.899. The Morgan fingerprint density at radius 2 is 2.19 bits per heavy atom. The maximum atomic E-state index is 12.8. The highest BCUT2D eigenvalue weighted by atomic mass is 79.9. The van der Waals surface area contributed by atoms with Gasteiger partial charge in [-0.25, -0.2) is 21.5 Å². The first-order chi connectivity index (χ1) is 10.0. The highest BCUT2D eigenvalue weighted by Gasteiger charge is 2.17. The smallest absolute Gasteiger partial charge is 0.350 e. The number of rotatable bonds is 4. The molecule has 5 N–H and O–H groups in total. The van der Waals surface area contributed by atoms with Crippen LogP contribution in [-0.2, 0) is 5.75 Å². The number of amides is 2. The molecule has 112 valence electrons. The molecule has 0 bridgehead atoms. The van der Waals surface area contributed by atoms with Crippen molar-refractivity contribution in [1.82, 2.24) is 5.43 Å². The number of nitrogens with two attached hydrogens (primary N) is 2. The molecule has 9 heteroatoms. The summed E-state index contributed by atoms with van der Waals surface area (Å²) in [7, 11) is 0. The third kappa shape index (κ3) is 3.76. The van der Waals surface area contributed by atoms with Crippen LogP contribution >= 0.6 is 27.7 Å². The molecule has 0 fully saturated rings. The lowest BCUT2D eigenvalue weighted by molar-refractivity contribution is 0.246. The lowest BCUT2D eigenvalue weighted by atomic mass is 10.3. The molecule has 0 aliphatic carbocycles. The van der Waals surface area contributed by atoms with Gasteiger partial charge in [-0.2, -0.15) is 4.39 Å². The minimum absolute atomic E-state index is 0.387. The number of anilines is 1. The number of hydrogen-bond acceptors (Lipinski definition) is 5. The summed E-state index contributed by atoms with van der Waals surface area (Å²) in [6, 6.07) is 6.72. The van der Waals surface area contributed by atoms with Gasteiger partial charge in [0.05, 0.1) is 11.4 Å². The number of carbonyl (C=O) groups excluding carboxylic acids is 1. The van der Waals surface area contributed by atoms with Crippen molar-refractivity contribution in [3.05, 3.63) is 46.6 Å². The normalized spacial score (nSPS) is 10.5. The van der Waals surface area contributed by atoms with E-state index in [1.165, 1.54) is 17.8 Å². The largest absolute Gasteiger partial charge is 0.435 e. The van der Waals surface area contributed by atoms with Crippen LogP contribution in [0.5, 0.6) is 0 Å². The molecule has 2 aromatic rings. The number of halogens is 2. The van der Waals surface area contributed by atoms with E-state index in [9.17, 15) is 9.18 Å². The zero-order valence-corrected chi connectivity index (χ0v) is 13.1. The summed E-state index contributed by atoms with van der Waals surface area (Å²) in [4.78, 5) is 12.2. The monoisotopic (exact) mass is 374 g/mol. The second-order valence-electron chi connectivity index (χ2n) is 3.90. The van der Waals surface area contributed by atoms with Crippen LogP contribution in [0.1, 0.15) is 5.76 Å². The number of nitrogens with one attached hydrogen (secondary N) is 1. The van der Waals surface area contributed by atoms with Crippen molar-refractivity contribution >= 4 is 39.4 Å². The number of hydrazine groups is 2. The Balaban J connectivity index is 2.23.